The second kappa shape index (κ2) is 6.87. The highest BCUT2D eigenvalue weighted by atomic mass is 32.2. The Bertz CT molecular complexity index is 601. The smallest absolute Gasteiger partial charge is 0.162 e. The van der Waals surface area contributed by atoms with Gasteiger partial charge in [0.1, 0.15) is 13.2 Å². The van der Waals surface area contributed by atoms with Gasteiger partial charge in [0.2, 0.25) is 0 Å². The Kier molecular flexibility index (Phi) is 4.68. The maximum atomic E-state index is 5.67. The molecule has 0 aromatic heterocycles. The van der Waals surface area contributed by atoms with Gasteiger partial charge in [-0.1, -0.05) is 30.3 Å². The van der Waals surface area contributed by atoms with Crippen LogP contribution in [-0.2, 0) is 13.1 Å². The lowest BCUT2D eigenvalue weighted by Gasteiger charge is -2.21. The van der Waals surface area contributed by atoms with Crippen LogP contribution in [0.15, 0.2) is 47.4 Å². The molecule has 1 aliphatic heterocycles. The molecule has 110 valence electrons. The highest BCUT2D eigenvalue weighted by Crippen LogP contribution is 2.36. The predicted octanol–water partition coefficient (Wildman–Crippen LogP) is 3.47. The van der Waals surface area contributed by atoms with Gasteiger partial charge in [0.15, 0.2) is 11.5 Å². The Morgan fingerprint density at radius 3 is 2.43 bits per heavy atom. The number of benzene rings is 2. The minimum atomic E-state index is 0.627. The number of hydrogen-bond donors (Lipinski definition) is 1. The van der Waals surface area contributed by atoms with E-state index in [9.17, 15) is 0 Å². The second-order valence-corrected chi connectivity index (χ2v) is 5.74. The van der Waals surface area contributed by atoms with Crippen LogP contribution in [0.25, 0.3) is 0 Å². The molecule has 0 unspecified atom stereocenters. The van der Waals surface area contributed by atoms with Gasteiger partial charge in [-0.2, -0.15) is 0 Å². The Labute approximate surface area is 129 Å². The third-order valence-electron chi connectivity index (χ3n) is 3.43. The third kappa shape index (κ3) is 3.52. The number of ether oxygens (including phenoxy) is 2. The summed E-state index contributed by atoms with van der Waals surface area (Å²) < 4.78 is 11.3. The minimum absolute atomic E-state index is 0.627. The summed E-state index contributed by atoms with van der Waals surface area (Å²) in [6, 6.07) is 14.6. The summed E-state index contributed by atoms with van der Waals surface area (Å²) in [5.74, 6) is 1.72. The van der Waals surface area contributed by atoms with Crippen molar-refractivity contribution in [3.8, 4) is 11.5 Å². The average molecular weight is 301 g/mol. The highest BCUT2D eigenvalue weighted by Gasteiger charge is 2.15. The van der Waals surface area contributed by atoms with Crippen LogP contribution in [0.2, 0.25) is 0 Å². The highest BCUT2D eigenvalue weighted by molar-refractivity contribution is 7.98. The zero-order valence-corrected chi connectivity index (χ0v) is 12.9. The lowest BCUT2D eigenvalue weighted by molar-refractivity contribution is 0.171. The van der Waals surface area contributed by atoms with Gasteiger partial charge in [-0.05, 0) is 29.5 Å². The first-order chi connectivity index (χ1) is 10.4. The number of nitrogens with one attached hydrogen (secondary N) is 1. The van der Waals surface area contributed by atoms with Gasteiger partial charge in [0, 0.05) is 18.0 Å². The van der Waals surface area contributed by atoms with Gasteiger partial charge in [0.05, 0.1) is 0 Å². The molecule has 1 aliphatic rings. The first-order valence-corrected chi connectivity index (χ1v) is 8.30. The van der Waals surface area contributed by atoms with Crippen molar-refractivity contribution in [1.82, 2.24) is 5.32 Å². The Hall–Kier alpha value is -1.65. The van der Waals surface area contributed by atoms with Gasteiger partial charge in [-0.3, -0.25) is 0 Å². The molecule has 3 nitrogen and oxygen atoms in total. The Morgan fingerprint density at radius 1 is 1.00 bits per heavy atom. The summed E-state index contributed by atoms with van der Waals surface area (Å²) in [7, 11) is 0. The van der Waals surface area contributed by atoms with Crippen LogP contribution in [0.4, 0.5) is 0 Å². The summed E-state index contributed by atoms with van der Waals surface area (Å²) in [5, 5.41) is 3.49. The zero-order chi connectivity index (χ0) is 14.5. The molecule has 4 heteroatoms. The van der Waals surface area contributed by atoms with Gasteiger partial charge in [-0.15, -0.1) is 11.8 Å². The van der Waals surface area contributed by atoms with E-state index in [0.717, 1.165) is 24.6 Å². The van der Waals surface area contributed by atoms with Gasteiger partial charge in [0.25, 0.3) is 0 Å². The van der Waals surface area contributed by atoms with Crippen molar-refractivity contribution < 1.29 is 9.47 Å². The lowest BCUT2D eigenvalue weighted by atomic mass is 10.1. The molecule has 1 N–H and O–H groups in total. The summed E-state index contributed by atoms with van der Waals surface area (Å²) in [6.45, 7) is 2.94. The zero-order valence-electron chi connectivity index (χ0n) is 12.1. The molecule has 0 saturated carbocycles. The molecule has 0 atom stereocenters. The van der Waals surface area contributed by atoms with Crippen LogP contribution in [0.5, 0.6) is 11.5 Å². The van der Waals surface area contributed by atoms with Crippen molar-refractivity contribution in [2.24, 2.45) is 0 Å². The monoisotopic (exact) mass is 301 g/mol. The first-order valence-electron chi connectivity index (χ1n) is 7.08. The normalized spacial score (nSPS) is 13.2. The SMILES string of the molecule is CSc1cc2c(cc1CNCc1ccccc1)OCCO2. The Balaban J connectivity index is 1.69. The quantitative estimate of drug-likeness (QED) is 0.857. The molecule has 21 heavy (non-hydrogen) atoms. The number of hydrogen-bond acceptors (Lipinski definition) is 4. The van der Waals surface area contributed by atoms with Gasteiger partial charge < -0.3 is 14.8 Å². The van der Waals surface area contributed by atoms with E-state index in [0.29, 0.717) is 13.2 Å². The van der Waals surface area contributed by atoms with Crippen molar-refractivity contribution >= 4 is 11.8 Å². The van der Waals surface area contributed by atoms with Crippen LogP contribution < -0.4 is 14.8 Å². The van der Waals surface area contributed by atoms with E-state index in [-0.39, 0.29) is 0 Å². The second-order valence-electron chi connectivity index (χ2n) is 4.90. The van der Waals surface area contributed by atoms with Crippen molar-refractivity contribution in [2.75, 3.05) is 19.5 Å². The van der Waals surface area contributed by atoms with Crippen LogP contribution in [-0.4, -0.2) is 19.5 Å². The van der Waals surface area contributed by atoms with Crippen LogP contribution in [0.1, 0.15) is 11.1 Å². The molecule has 0 radical (unpaired) electrons. The summed E-state index contributed by atoms with van der Waals surface area (Å²) in [5.41, 5.74) is 2.54. The van der Waals surface area contributed by atoms with E-state index in [2.05, 4.69) is 48.0 Å². The van der Waals surface area contributed by atoms with Crippen LogP contribution >= 0.6 is 11.8 Å². The number of thioether (sulfide) groups is 1. The predicted molar refractivity (Wildman–Crippen MR) is 86.2 cm³/mol. The van der Waals surface area contributed by atoms with E-state index >= 15 is 0 Å². The molecule has 0 fully saturated rings. The molecule has 3 rings (SSSR count). The molecule has 0 spiro atoms. The fourth-order valence-electron chi connectivity index (χ4n) is 2.38. The fraction of sp³-hybridized carbons (Fsp3) is 0.294. The topological polar surface area (TPSA) is 30.5 Å². The maximum Gasteiger partial charge on any atom is 0.162 e. The molecule has 0 amide bonds. The molecule has 2 aromatic carbocycles. The van der Waals surface area contributed by atoms with Crippen LogP contribution in [0.3, 0.4) is 0 Å². The molecule has 2 aromatic rings. The van der Waals surface area contributed by atoms with Crippen molar-refractivity contribution in [3.05, 3.63) is 53.6 Å². The van der Waals surface area contributed by atoms with Gasteiger partial charge in [-0.25, -0.2) is 0 Å². The largest absolute Gasteiger partial charge is 0.486 e. The van der Waals surface area contributed by atoms with Crippen molar-refractivity contribution in [1.29, 1.82) is 0 Å². The molecule has 0 saturated heterocycles. The van der Waals surface area contributed by atoms with E-state index in [4.69, 9.17) is 9.47 Å². The maximum absolute atomic E-state index is 5.67. The molecular weight excluding hydrogens is 282 g/mol. The summed E-state index contributed by atoms with van der Waals surface area (Å²) in [4.78, 5) is 1.24. The van der Waals surface area contributed by atoms with Crippen molar-refractivity contribution in [2.45, 2.75) is 18.0 Å². The third-order valence-corrected chi connectivity index (χ3v) is 4.25. The molecule has 0 aliphatic carbocycles. The standard InChI is InChI=1S/C17H19NO2S/c1-21-17-10-16-15(19-7-8-20-16)9-14(17)12-18-11-13-5-3-2-4-6-13/h2-6,9-10,18H,7-8,11-12H2,1H3. The molecular formula is C17H19NO2S. The Morgan fingerprint density at radius 2 is 1.71 bits per heavy atom. The van der Waals surface area contributed by atoms with Crippen LogP contribution in [0, 0.1) is 0 Å². The van der Waals surface area contributed by atoms with E-state index in [1.54, 1.807) is 11.8 Å². The van der Waals surface area contributed by atoms with E-state index in [1.807, 2.05) is 6.07 Å². The summed E-state index contributed by atoms with van der Waals surface area (Å²) >= 11 is 1.74. The average Bonchev–Trinajstić information content (AvgIpc) is 2.55. The van der Waals surface area contributed by atoms with Crippen molar-refractivity contribution in [3.63, 3.8) is 0 Å². The molecule has 0 bridgehead atoms. The number of rotatable bonds is 5. The van der Waals surface area contributed by atoms with E-state index in [1.165, 1.54) is 16.0 Å². The fourth-order valence-corrected chi connectivity index (χ4v) is 3.00. The first kappa shape index (κ1) is 14.3. The number of fused-ring (bicyclic) bond motifs is 1. The molecule has 1 heterocycles. The van der Waals surface area contributed by atoms with Gasteiger partial charge >= 0.3 is 0 Å². The van der Waals surface area contributed by atoms with E-state index < -0.39 is 0 Å². The lowest BCUT2D eigenvalue weighted by Crippen LogP contribution is -2.17. The minimum Gasteiger partial charge on any atom is -0.486 e. The summed E-state index contributed by atoms with van der Waals surface area (Å²) in [6.07, 6.45) is 2.09.